The van der Waals surface area contributed by atoms with E-state index in [1.807, 2.05) is 0 Å². The van der Waals surface area contributed by atoms with E-state index >= 15 is 0 Å². The summed E-state index contributed by atoms with van der Waals surface area (Å²) in [4.78, 5) is 25.1. The number of likely N-dealkylation sites (tertiary alicyclic amines) is 1. The van der Waals surface area contributed by atoms with Crippen LogP contribution in [-0.4, -0.2) is 47.2 Å². The molecule has 3 unspecified atom stereocenters. The van der Waals surface area contributed by atoms with Crippen molar-refractivity contribution in [3.63, 3.8) is 0 Å². The molecule has 3 atom stereocenters. The van der Waals surface area contributed by atoms with Crippen molar-refractivity contribution in [1.29, 1.82) is 0 Å². The molecule has 1 aliphatic carbocycles. The first kappa shape index (κ1) is 14.1. The lowest BCUT2D eigenvalue weighted by molar-refractivity contribution is -0.142. The molecule has 0 radical (unpaired) electrons. The monoisotopic (exact) mass is 269 g/mol. The van der Waals surface area contributed by atoms with Gasteiger partial charge in [-0.2, -0.15) is 0 Å². The van der Waals surface area contributed by atoms with Gasteiger partial charge in [-0.05, 0) is 19.3 Å². The largest absolute Gasteiger partial charge is 0.481 e. The van der Waals surface area contributed by atoms with Gasteiger partial charge in [0.15, 0.2) is 0 Å². The molecule has 0 spiro atoms. The van der Waals surface area contributed by atoms with E-state index in [-0.39, 0.29) is 18.1 Å². The summed E-state index contributed by atoms with van der Waals surface area (Å²) in [7, 11) is 0. The van der Waals surface area contributed by atoms with E-state index in [1.54, 1.807) is 4.90 Å². The Labute approximate surface area is 113 Å². The zero-order valence-corrected chi connectivity index (χ0v) is 11.2. The van der Waals surface area contributed by atoms with Crippen LogP contribution in [0.3, 0.4) is 0 Å². The number of carbonyl (C=O) groups excluding carboxylic acids is 1. The Kier molecular flexibility index (Phi) is 4.63. The minimum Gasteiger partial charge on any atom is -0.481 e. The number of carboxylic acid groups (broad SMARTS) is 1. The average Bonchev–Trinajstić information content (AvgIpc) is 2.65. The third kappa shape index (κ3) is 3.59. The Balaban J connectivity index is 1.94. The number of carboxylic acids is 1. The first-order valence-electron chi connectivity index (χ1n) is 7.11. The van der Waals surface area contributed by atoms with Crippen LogP contribution >= 0.6 is 0 Å². The van der Waals surface area contributed by atoms with Crippen LogP contribution in [0.25, 0.3) is 0 Å². The van der Waals surface area contributed by atoms with Gasteiger partial charge in [0, 0.05) is 25.2 Å². The minimum atomic E-state index is -0.801. The second kappa shape index (κ2) is 6.23. The molecule has 2 amide bonds. The number of nitrogens with one attached hydrogen (secondary N) is 1. The summed E-state index contributed by atoms with van der Waals surface area (Å²) in [5.74, 6) is -1.26. The van der Waals surface area contributed by atoms with E-state index < -0.39 is 11.9 Å². The molecule has 6 nitrogen and oxygen atoms in total. The van der Waals surface area contributed by atoms with E-state index in [9.17, 15) is 14.7 Å². The molecule has 1 saturated carbocycles. The van der Waals surface area contributed by atoms with Crippen LogP contribution < -0.4 is 11.1 Å². The highest BCUT2D eigenvalue weighted by Gasteiger charge is 2.32. The maximum absolute atomic E-state index is 12.1. The zero-order valence-electron chi connectivity index (χ0n) is 11.2. The topological polar surface area (TPSA) is 95.7 Å². The van der Waals surface area contributed by atoms with E-state index in [0.29, 0.717) is 19.5 Å². The average molecular weight is 269 g/mol. The summed E-state index contributed by atoms with van der Waals surface area (Å²) in [5, 5.41) is 12.2. The Morgan fingerprint density at radius 3 is 2.53 bits per heavy atom. The molecular formula is C13H23N3O3. The summed E-state index contributed by atoms with van der Waals surface area (Å²) in [6.45, 7) is 1.23. The van der Waals surface area contributed by atoms with Gasteiger partial charge in [-0.1, -0.05) is 19.3 Å². The number of urea groups is 1. The van der Waals surface area contributed by atoms with Crippen molar-refractivity contribution in [3.8, 4) is 0 Å². The maximum atomic E-state index is 12.1. The molecule has 6 heteroatoms. The summed E-state index contributed by atoms with van der Waals surface area (Å²) < 4.78 is 0. The fraction of sp³-hybridized carbons (Fsp3) is 0.846. The number of rotatable bonds is 2. The van der Waals surface area contributed by atoms with Crippen LogP contribution in [0.15, 0.2) is 0 Å². The Morgan fingerprint density at radius 2 is 1.89 bits per heavy atom. The van der Waals surface area contributed by atoms with Gasteiger partial charge in [-0.3, -0.25) is 4.79 Å². The van der Waals surface area contributed by atoms with Gasteiger partial charge >= 0.3 is 12.0 Å². The van der Waals surface area contributed by atoms with Crippen LogP contribution in [-0.2, 0) is 4.79 Å². The van der Waals surface area contributed by atoms with Gasteiger partial charge < -0.3 is 21.1 Å². The first-order valence-corrected chi connectivity index (χ1v) is 7.11. The van der Waals surface area contributed by atoms with Gasteiger partial charge in [0.2, 0.25) is 0 Å². The third-order valence-corrected chi connectivity index (χ3v) is 4.15. The smallest absolute Gasteiger partial charge is 0.317 e. The lowest BCUT2D eigenvalue weighted by Crippen LogP contribution is -2.48. The molecule has 108 valence electrons. The SMILES string of the molecule is NC1CCN(C(=O)NC2CCCCCC2C(=O)O)C1. The minimum absolute atomic E-state index is 0.0511. The molecule has 0 aromatic carbocycles. The Hall–Kier alpha value is -1.30. The number of carbonyl (C=O) groups is 2. The van der Waals surface area contributed by atoms with E-state index in [1.165, 1.54) is 0 Å². The van der Waals surface area contributed by atoms with E-state index in [0.717, 1.165) is 32.1 Å². The van der Waals surface area contributed by atoms with Gasteiger partial charge in [0.1, 0.15) is 0 Å². The van der Waals surface area contributed by atoms with Crippen molar-refractivity contribution in [2.75, 3.05) is 13.1 Å². The summed E-state index contributed by atoms with van der Waals surface area (Å²) >= 11 is 0. The normalized spacial score (nSPS) is 31.8. The predicted octanol–water partition coefficient (Wildman–Crippen LogP) is 0.762. The van der Waals surface area contributed by atoms with Crippen molar-refractivity contribution in [2.45, 2.75) is 50.6 Å². The molecule has 4 N–H and O–H groups in total. The summed E-state index contributed by atoms with van der Waals surface area (Å²) in [6, 6.07) is -0.356. The Morgan fingerprint density at radius 1 is 1.16 bits per heavy atom. The fourth-order valence-corrected chi connectivity index (χ4v) is 3.00. The van der Waals surface area contributed by atoms with Crippen LogP contribution in [0.2, 0.25) is 0 Å². The first-order chi connectivity index (χ1) is 9.08. The van der Waals surface area contributed by atoms with Crippen LogP contribution in [0, 0.1) is 5.92 Å². The van der Waals surface area contributed by atoms with Crippen molar-refractivity contribution in [1.82, 2.24) is 10.2 Å². The highest BCUT2D eigenvalue weighted by Crippen LogP contribution is 2.24. The van der Waals surface area contributed by atoms with Crippen molar-refractivity contribution >= 4 is 12.0 Å². The second-order valence-corrected chi connectivity index (χ2v) is 5.63. The van der Waals surface area contributed by atoms with Crippen molar-refractivity contribution in [2.24, 2.45) is 11.7 Å². The molecule has 19 heavy (non-hydrogen) atoms. The fourth-order valence-electron chi connectivity index (χ4n) is 3.00. The third-order valence-electron chi connectivity index (χ3n) is 4.15. The molecule has 0 bridgehead atoms. The lowest BCUT2D eigenvalue weighted by atomic mass is 9.95. The van der Waals surface area contributed by atoms with Crippen LogP contribution in [0.5, 0.6) is 0 Å². The molecular weight excluding hydrogens is 246 g/mol. The molecule has 2 fully saturated rings. The second-order valence-electron chi connectivity index (χ2n) is 5.63. The molecule has 2 rings (SSSR count). The number of nitrogens with zero attached hydrogens (tertiary/aromatic N) is 1. The summed E-state index contributed by atoms with van der Waals surface area (Å²) in [6.07, 6.45) is 5.18. The Bertz CT molecular complexity index is 348. The van der Waals surface area contributed by atoms with Gasteiger partial charge in [-0.15, -0.1) is 0 Å². The number of hydrogen-bond donors (Lipinski definition) is 3. The van der Waals surface area contributed by atoms with Crippen LogP contribution in [0.4, 0.5) is 4.79 Å². The lowest BCUT2D eigenvalue weighted by Gasteiger charge is -2.26. The quantitative estimate of drug-likeness (QED) is 0.645. The van der Waals surface area contributed by atoms with Gasteiger partial charge in [0.05, 0.1) is 5.92 Å². The molecule has 0 aromatic heterocycles. The molecule has 0 aromatic rings. The highest BCUT2D eigenvalue weighted by atomic mass is 16.4. The maximum Gasteiger partial charge on any atom is 0.317 e. The number of amides is 2. The standard InChI is InChI=1S/C13H23N3O3/c14-9-6-7-16(8-9)13(19)15-11-5-3-1-2-4-10(11)12(17)18/h9-11H,1-8,14H2,(H,15,19)(H,17,18). The highest BCUT2D eigenvalue weighted by molar-refractivity contribution is 5.77. The molecule has 1 saturated heterocycles. The summed E-state index contributed by atoms with van der Waals surface area (Å²) in [5.41, 5.74) is 5.78. The number of aliphatic carboxylic acids is 1. The molecule has 1 aliphatic heterocycles. The van der Waals surface area contributed by atoms with E-state index in [4.69, 9.17) is 5.73 Å². The van der Waals surface area contributed by atoms with Gasteiger partial charge in [0.25, 0.3) is 0 Å². The predicted molar refractivity (Wildman–Crippen MR) is 70.7 cm³/mol. The van der Waals surface area contributed by atoms with Gasteiger partial charge in [-0.25, -0.2) is 4.79 Å². The molecule has 1 heterocycles. The van der Waals surface area contributed by atoms with Crippen molar-refractivity contribution in [3.05, 3.63) is 0 Å². The van der Waals surface area contributed by atoms with Crippen LogP contribution in [0.1, 0.15) is 38.5 Å². The van der Waals surface area contributed by atoms with E-state index in [2.05, 4.69) is 5.32 Å². The number of nitrogens with two attached hydrogens (primary N) is 1. The zero-order chi connectivity index (χ0) is 13.8. The number of hydrogen-bond acceptors (Lipinski definition) is 3. The van der Waals surface area contributed by atoms with Crippen molar-refractivity contribution < 1.29 is 14.7 Å². The molecule has 2 aliphatic rings.